The average molecular weight is 353 g/mol. The molecule has 0 saturated carbocycles. The normalized spacial score (nSPS) is 11.3. The van der Waals surface area contributed by atoms with Crippen LogP contribution in [0.3, 0.4) is 0 Å². The van der Waals surface area contributed by atoms with Gasteiger partial charge in [-0.1, -0.05) is 62.4 Å². The van der Waals surface area contributed by atoms with Crippen molar-refractivity contribution in [3.8, 4) is 11.4 Å². The maximum Gasteiger partial charge on any atom is 0.243 e. The number of halogens is 1. The van der Waals surface area contributed by atoms with Crippen molar-refractivity contribution in [3.05, 3.63) is 66.0 Å². The first kappa shape index (κ1) is 17.7. The molecule has 3 rings (SSSR count). The summed E-state index contributed by atoms with van der Waals surface area (Å²) in [6.45, 7) is 4.01. The van der Waals surface area contributed by atoms with Gasteiger partial charge in [-0.05, 0) is 16.8 Å². The highest BCUT2D eigenvalue weighted by Gasteiger charge is 2.24. The van der Waals surface area contributed by atoms with Gasteiger partial charge in [-0.25, -0.2) is 4.39 Å². The zero-order valence-corrected chi connectivity index (χ0v) is 14.7. The Balaban J connectivity index is 1.60. The van der Waals surface area contributed by atoms with Gasteiger partial charge in [0.2, 0.25) is 11.7 Å². The van der Waals surface area contributed by atoms with E-state index in [4.69, 9.17) is 0 Å². The van der Waals surface area contributed by atoms with Crippen LogP contribution in [0.15, 0.2) is 54.6 Å². The van der Waals surface area contributed by atoms with E-state index < -0.39 is 5.41 Å². The molecule has 0 spiro atoms. The molecular formula is C19H20FN5O. The lowest BCUT2D eigenvalue weighted by Gasteiger charge is -2.26. The molecule has 134 valence electrons. The summed E-state index contributed by atoms with van der Waals surface area (Å²) in [5, 5.41) is 14.9. The second-order valence-corrected chi connectivity index (χ2v) is 6.65. The third-order valence-electron chi connectivity index (χ3n) is 4.10. The fraction of sp³-hybridized carbons (Fsp3) is 0.263. The van der Waals surface area contributed by atoms with Gasteiger partial charge in [-0.15, -0.1) is 10.2 Å². The molecule has 2 aromatic carbocycles. The van der Waals surface area contributed by atoms with Crippen LogP contribution in [-0.2, 0) is 16.8 Å². The standard InChI is InChI=1S/C19H20FN5O/c1-19(2,15-10-6-7-11-16(15)20)13-21-17(26)12-25-23-18(22-24-25)14-8-4-3-5-9-14/h3-11H,12-13H2,1-2H3,(H,21,26). The smallest absolute Gasteiger partial charge is 0.243 e. The Morgan fingerprint density at radius 2 is 1.81 bits per heavy atom. The van der Waals surface area contributed by atoms with E-state index in [1.807, 2.05) is 44.2 Å². The Hall–Kier alpha value is -3.09. The minimum Gasteiger partial charge on any atom is -0.354 e. The number of amides is 1. The van der Waals surface area contributed by atoms with Crippen molar-refractivity contribution in [3.63, 3.8) is 0 Å². The number of nitrogens with zero attached hydrogens (tertiary/aromatic N) is 4. The van der Waals surface area contributed by atoms with E-state index in [1.54, 1.807) is 18.2 Å². The van der Waals surface area contributed by atoms with Crippen molar-refractivity contribution in [1.29, 1.82) is 0 Å². The van der Waals surface area contributed by atoms with E-state index in [0.29, 0.717) is 17.9 Å². The number of rotatable bonds is 6. The SMILES string of the molecule is CC(C)(CNC(=O)Cn1nnc(-c2ccccc2)n1)c1ccccc1F. The van der Waals surface area contributed by atoms with Gasteiger partial charge in [0.1, 0.15) is 12.4 Å². The van der Waals surface area contributed by atoms with Crippen molar-refractivity contribution >= 4 is 5.91 Å². The molecular weight excluding hydrogens is 333 g/mol. The number of nitrogens with one attached hydrogen (secondary N) is 1. The summed E-state index contributed by atoms with van der Waals surface area (Å²) in [5.74, 6) is -0.0753. The van der Waals surface area contributed by atoms with Crippen molar-refractivity contribution in [2.24, 2.45) is 0 Å². The minimum absolute atomic E-state index is 0.0484. The van der Waals surface area contributed by atoms with Crippen LogP contribution >= 0.6 is 0 Å². The van der Waals surface area contributed by atoms with Crippen LogP contribution in [0.1, 0.15) is 19.4 Å². The quantitative estimate of drug-likeness (QED) is 0.739. The molecule has 0 atom stereocenters. The highest BCUT2D eigenvalue weighted by Crippen LogP contribution is 2.24. The summed E-state index contributed by atoms with van der Waals surface area (Å²) in [4.78, 5) is 13.4. The van der Waals surface area contributed by atoms with Gasteiger partial charge in [0.05, 0.1) is 0 Å². The van der Waals surface area contributed by atoms with Gasteiger partial charge in [-0.2, -0.15) is 4.80 Å². The number of carbonyl (C=O) groups is 1. The van der Waals surface area contributed by atoms with Gasteiger partial charge >= 0.3 is 0 Å². The fourth-order valence-corrected chi connectivity index (χ4v) is 2.62. The van der Waals surface area contributed by atoms with E-state index in [9.17, 15) is 9.18 Å². The van der Waals surface area contributed by atoms with Gasteiger partial charge in [-0.3, -0.25) is 4.79 Å². The highest BCUT2D eigenvalue weighted by atomic mass is 19.1. The van der Waals surface area contributed by atoms with Crippen molar-refractivity contribution in [1.82, 2.24) is 25.5 Å². The van der Waals surface area contributed by atoms with E-state index in [2.05, 4.69) is 20.7 Å². The molecule has 3 aromatic rings. The Morgan fingerprint density at radius 1 is 1.12 bits per heavy atom. The monoisotopic (exact) mass is 353 g/mol. The van der Waals surface area contributed by atoms with E-state index in [-0.39, 0.29) is 18.3 Å². The molecule has 0 unspecified atom stereocenters. The first-order valence-electron chi connectivity index (χ1n) is 8.31. The molecule has 0 radical (unpaired) electrons. The molecule has 26 heavy (non-hydrogen) atoms. The van der Waals surface area contributed by atoms with E-state index >= 15 is 0 Å². The molecule has 0 fully saturated rings. The van der Waals surface area contributed by atoms with E-state index in [0.717, 1.165) is 5.56 Å². The van der Waals surface area contributed by atoms with Crippen molar-refractivity contribution < 1.29 is 9.18 Å². The largest absolute Gasteiger partial charge is 0.354 e. The van der Waals surface area contributed by atoms with E-state index in [1.165, 1.54) is 10.9 Å². The summed E-state index contributed by atoms with van der Waals surface area (Å²) >= 11 is 0. The number of benzene rings is 2. The zero-order chi connectivity index (χ0) is 18.6. The van der Waals surface area contributed by atoms with Crippen LogP contribution in [0.25, 0.3) is 11.4 Å². The fourth-order valence-electron chi connectivity index (χ4n) is 2.62. The summed E-state index contributed by atoms with van der Waals surface area (Å²) in [6, 6.07) is 16.0. The van der Waals surface area contributed by atoms with Crippen LogP contribution < -0.4 is 5.32 Å². The summed E-state index contributed by atoms with van der Waals surface area (Å²) in [5.41, 5.74) is 0.858. The summed E-state index contributed by atoms with van der Waals surface area (Å²) < 4.78 is 14.0. The number of hydrogen-bond donors (Lipinski definition) is 1. The van der Waals surface area contributed by atoms with Gasteiger partial charge < -0.3 is 5.32 Å². The highest BCUT2D eigenvalue weighted by molar-refractivity contribution is 5.75. The second kappa shape index (κ2) is 7.43. The number of aromatic nitrogens is 4. The number of hydrogen-bond acceptors (Lipinski definition) is 4. The maximum absolute atomic E-state index is 14.0. The minimum atomic E-state index is -0.536. The molecule has 0 aliphatic heterocycles. The molecule has 1 heterocycles. The lowest BCUT2D eigenvalue weighted by molar-refractivity contribution is -0.122. The lowest BCUT2D eigenvalue weighted by Crippen LogP contribution is -2.39. The third kappa shape index (κ3) is 4.11. The topological polar surface area (TPSA) is 72.7 Å². The molecule has 1 N–H and O–H groups in total. The predicted molar refractivity (Wildman–Crippen MR) is 95.7 cm³/mol. The van der Waals surface area contributed by atoms with Crippen LogP contribution in [0, 0.1) is 5.82 Å². The molecule has 0 saturated heterocycles. The zero-order valence-electron chi connectivity index (χ0n) is 14.7. The Labute approximate surface area is 151 Å². The van der Waals surface area contributed by atoms with Gasteiger partial charge in [0.15, 0.2) is 0 Å². The molecule has 0 bridgehead atoms. The van der Waals surface area contributed by atoms with Crippen molar-refractivity contribution in [2.45, 2.75) is 25.8 Å². The van der Waals surface area contributed by atoms with Crippen LogP contribution in [-0.4, -0.2) is 32.7 Å². The first-order chi connectivity index (χ1) is 12.5. The molecule has 7 heteroatoms. The molecule has 0 aliphatic carbocycles. The predicted octanol–water partition coefficient (Wildman–Crippen LogP) is 2.57. The molecule has 1 amide bonds. The Kier molecular flexibility index (Phi) is 5.06. The van der Waals surface area contributed by atoms with Crippen LogP contribution in [0.5, 0.6) is 0 Å². The van der Waals surface area contributed by atoms with Crippen LogP contribution in [0.2, 0.25) is 0 Å². The third-order valence-corrected chi connectivity index (χ3v) is 4.10. The number of tetrazole rings is 1. The van der Waals surface area contributed by atoms with Gasteiger partial charge in [0.25, 0.3) is 0 Å². The molecule has 6 nitrogen and oxygen atoms in total. The lowest BCUT2D eigenvalue weighted by atomic mass is 9.84. The van der Waals surface area contributed by atoms with Gasteiger partial charge in [0, 0.05) is 17.5 Å². The van der Waals surface area contributed by atoms with Crippen molar-refractivity contribution in [2.75, 3.05) is 6.54 Å². The maximum atomic E-state index is 14.0. The average Bonchev–Trinajstić information content (AvgIpc) is 3.09. The Morgan fingerprint density at radius 3 is 2.54 bits per heavy atom. The summed E-state index contributed by atoms with van der Waals surface area (Å²) in [6.07, 6.45) is 0. The summed E-state index contributed by atoms with van der Waals surface area (Å²) in [7, 11) is 0. The van der Waals surface area contributed by atoms with Crippen LogP contribution in [0.4, 0.5) is 4.39 Å². The number of carbonyl (C=O) groups excluding carboxylic acids is 1. The molecule has 1 aromatic heterocycles. The first-order valence-corrected chi connectivity index (χ1v) is 8.31. The molecule has 0 aliphatic rings. The Bertz CT molecular complexity index is 892. The second-order valence-electron chi connectivity index (χ2n) is 6.65.